The molecule has 0 saturated carbocycles. The Morgan fingerprint density at radius 1 is 1.42 bits per heavy atom. The number of halogens is 3. The monoisotopic (exact) mass is 276 g/mol. The van der Waals surface area contributed by atoms with Gasteiger partial charge in [-0.2, -0.15) is 13.2 Å². The predicted octanol–water partition coefficient (Wildman–Crippen LogP) is 2.60. The number of anilines is 1. The van der Waals surface area contributed by atoms with Crippen LogP contribution in [0.5, 0.6) is 0 Å². The molecule has 19 heavy (non-hydrogen) atoms. The summed E-state index contributed by atoms with van der Waals surface area (Å²) in [6, 6.07) is 3.26. The van der Waals surface area contributed by atoms with Gasteiger partial charge in [0.1, 0.15) is 0 Å². The molecule has 7 heteroatoms. The average molecular weight is 276 g/mol. The summed E-state index contributed by atoms with van der Waals surface area (Å²) in [5.41, 5.74) is -0.792. The van der Waals surface area contributed by atoms with E-state index in [-0.39, 0.29) is 12.3 Å². The Kier molecular flexibility index (Phi) is 5.17. The third kappa shape index (κ3) is 4.78. The highest BCUT2D eigenvalue weighted by atomic mass is 19.4. The van der Waals surface area contributed by atoms with Crippen LogP contribution in [0, 0.1) is 0 Å². The number of carbonyl (C=O) groups excluding carboxylic acids is 1. The quantitative estimate of drug-likeness (QED) is 0.791. The highest BCUT2D eigenvalue weighted by molar-refractivity contribution is 5.89. The van der Waals surface area contributed by atoms with Gasteiger partial charge in [-0.05, 0) is 24.6 Å². The first-order valence-corrected chi connectivity index (χ1v) is 5.72. The van der Waals surface area contributed by atoms with E-state index in [1.165, 1.54) is 12.1 Å². The van der Waals surface area contributed by atoms with Crippen molar-refractivity contribution in [3.05, 3.63) is 29.8 Å². The average Bonchev–Trinajstić information content (AvgIpc) is 2.35. The van der Waals surface area contributed by atoms with Gasteiger partial charge in [-0.3, -0.25) is 0 Å². The van der Waals surface area contributed by atoms with Gasteiger partial charge in [0.2, 0.25) is 0 Å². The molecule has 0 fully saturated rings. The minimum Gasteiger partial charge on any atom is -0.394 e. The van der Waals surface area contributed by atoms with Crippen molar-refractivity contribution in [3.8, 4) is 0 Å². The van der Waals surface area contributed by atoms with Crippen LogP contribution < -0.4 is 10.6 Å². The molecule has 0 saturated heterocycles. The second-order valence-electron chi connectivity index (χ2n) is 3.96. The van der Waals surface area contributed by atoms with E-state index in [1.54, 1.807) is 6.92 Å². The molecule has 1 aromatic rings. The van der Waals surface area contributed by atoms with Crippen LogP contribution in [0.2, 0.25) is 0 Å². The molecular formula is C12H15F3N2O2. The maximum absolute atomic E-state index is 12.5. The number of carbonyl (C=O) groups is 1. The highest BCUT2D eigenvalue weighted by Crippen LogP contribution is 2.30. The van der Waals surface area contributed by atoms with Crippen LogP contribution in [0.15, 0.2) is 24.3 Å². The summed E-state index contributed by atoms with van der Waals surface area (Å²) in [6.45, 7) is 1.54. The Morgan fingerprint density at radius 2 is 2.11 bits per heavy atom. The number of amides is 2. The van der Waals surface area contributed by atoms with E-state index in [2.05, 4.69) is 10.6 Å². The molecular weight excluding hydrogens is 261 g/mol. The Hall–Kier alpha value is -1.76. The lowest BCUT2D eigenvalue weighted by molar-refractivity contribution is -0.137. The summed E-state index contributed by atoms with van der Waals surface area (Å²) in [6.07, 6.45) is -3.93. The zero-order valence-electron chi connectivity index (χ0n) is 10.3. The van der Waals surface area contributed by atoms with Crippen LogP contribution in [0.25, 0.3) is 0 Å². The topological polar surface area (TPSA) is 61.4 Å². The Labute approximate surface area is 108 Å². The second-order valence-corrected chi connectivity index (χ2v) is 3.96. The molecule has 0 spiro atoms. The first-order valence-electron chi connectivity index (χ1n) is 5.72. The van der Waals surface area contributed by atoms with Crippen molar-refractivity contribution in [1.29, 1.82) is 0 Å². The third-order valence-electron chi connectivity index (χ3n) is 2.50. The first kappa shape index (κ1) is 15.3. The molecule has 0 heterocycles. The third-order valence-corrected chi connectivity index (χ3v) is 2.50. The lowest BCUT2D eigenvalue weighted by Gasteiger charge is -2.15. The van der Waals surface area contributed by atoms with Crippen LogP contribution in [0.3, 0.4) is 0 Å². The Bertz CT molecular complexity index is 431. The summed E-state index contributed by atoms with van der Waals surface area (Å²) in [5.74, 6) is 0. The number of hydrogen-bond acceptors (Lipinski definition) is 2. The molecule has 0 bridgehead atoms. The van der Waals surface area contributed by atoms with E-state index >= 15 is 0 Å². The molecule has 4 nitrogen and oxygen atoms in total. The Balaban J connectivity index is 2.70. The standard InChI is InChI=1S/C12H15F3N2O2/c1-2-9(7-18)16-11(19)17-10-5-3-4-8(6-10)12(13,14)15/h3-6,9,18H,2,7H2,1H3,(H2,16,17,19)/t9-/m0/s1. The molecule has 0 aliphatic heterocycles. The van der Waals surface area contributed by atoms with E-state index in [4.69, 9.17) is 5.11 Å². The van der Waals surface area contributed by atoms with Gasteiger partial charge in [0.15, 0.2) is 0 Å². The second kappa shape index (κ2) is 6.42. The first-order chi connectivity index (χ1) is 8.86. The van der Waals surface area contributed by atoms with Crippen molar-refractivity contribution in [2.75, 3.05) is 11.9 Å². The van der Waals surface area contributed by atoms with Crippen molar-refractivity contribution < 1.29 is 23.1 Å². The molecule has 0 aliphatic rings. The number of hydrogen-bond donors (Lipinski definition) is 3. The van der Waals surface area contributed by atoms with Crippen molar-refractivity contribution in [3.63, 3.8) is 0 Å². The van der Waals surface area contributed by atoms with E-state index in [9.17, 15) is 18.0 Å². The molecule has 106 valence electrons. The Morgan fingerprint density at radius 3 is 2.63 bits per heavy atom. The van der Waals surface area contributed by atoms with E-state index in [0.29, 0.717) is 6.42 Å². The fourth-order valence-electron chi connectivity index (χ4n) is 1.40. The zero-order valence-corrected chi connectivity index (χ0v) is 10.3. The van der Waals surface area contributed by atoms with Gasteiger partial charge in [0, 0.05) is 5.69 Å². The predicted molar refractivity (Wildman–Crippen MR) is 64.8 cm³/mol. The van der Waals surface area contributed by atoms with Gasteiger partial charge in [0.05, 0.1) is 18.2 Å². The molecule has 1 rings (SSSR count). The van der Waals surface area contributed by atoms with Gasteiger partial charge in [-0.1, -0.05) is 13.0 Å². The van der Waals surface area contributed by atoms with Crippen LogP contribution in [0.4, 0.5) is 23.7 Å². The van der Waals surface area contributed by atoms with Crippen LogP contribution in [0.1, 0.15) is 18.9 Å². The normalized spacial score (nSPS) is 12.9. The fraction of sp³-hybridized carbons (Fsp3) is 0.417. The van der Waals surface area contributed by atoms with Crippen molar-refractivity contribution >= 4 is 11.7 Å². The van der Waals surface area contributed by atoms with Gasteiger partial charge >= 0.3 is 12.2 Å². The van der Waals surface area contributed by atoms with Gasteiger partial charge in [0.25, 0.3) is 0 Å². The van der Waals surface area contributed by atoms with Crippen LogP contribution >= 0.6 is 0 Å². The lowest BCUT2D eigenvalue weighted by atomic mass is 10.2. The SMILES string of the molecule is CC[C@@H](CO)NC(=O)Nc1cccc(C(F)(F)F)c1. The molecule has 1 atom stereocenters. The van der Waals surface area contributed by atoms with Gasteiger partial charge in [-0.25, -0.2) is 4.79 Å². The number of aliphatic hydroxyl groups is 1. The zero-order chi connectivity index (χ0) is 14.5. The van der Waals surface area contributed by atoms with E-state index < -0.39 is 23.8 Å². The molecule has 3 N–H and O–H groups in total. The van der Waals surface area contributed by atoms with Gasteiger partial charge < -0.3 is 15.7 Å². The summed E-state index contributed by atoms with van der Waals surface area (Å²) in [4.78, 5) is 11.5. The molecule has 1 aromatic carbocycles. The number of benzene rings is 1. The summed E-state index contributed by atoms with van der Waals surface area (Å²) in [7, 11) is 0. The van der Waals surface area contributed by atoms with Crippen molar-refractivity contribution in [2.45, 2.75) is 25.6 Å². The van der Waals surface area contributed by atoms with E-state index in [1.807, 2.05) is 0 Å². The summed E-state index contributed by atoms with van der Waals surface area (Å²) < 4.78 is 37.4. The highest BCUT2D eigenvalue weighted by Gasteiger charge is 2.30. The molecule has 0 radical (unpaired) electrons. The molecule has 0 aliphatic carbocycles. The van der Waals surface area contributed by atoms with Gasteiger partial charge in [-0.15, -0.1) is 0 Å². The van der Waals surface area contributed by atoms with Crippen molar-refractivity contribution in [2.24, 2.45) is 0 Å². The van der Waals surface area contributed by atoms with E-state index in [0.717, 1.165) is 12.1 Å². The number of urea groups is 1. The van der Waals surface area contributed by atoms with Crippen LogP contribution in [-0.4, -0.2) is 23.8 Å². The van der Waals surface area contributed by atoms with Crippen molar-refractivity contribution in [1.82, 2.24) is 5.32 Å². The maximum Gasteiger partial charge on any atom is 0.416 e. The number of rotatable bonds is 4. The number of alkyl halides is 3. The number of nitrogens with one attached hydrogen (secondary N) is 2. The minimum atomic E-state index is -4.45. The summed E-state index contributed by atoms with van der Waals surface area (Å²) >= 11 is 0. The molecule has 2 amide bonds. The largest absolute Gasteiger partial charge is 0.416 e. The fourth-order valence-corrected chi connectivity index (χ4v) is 1.40. The number of aliphatic hydroxyl groups excluding tert-OH is 1. The molecule has 0 unspecified atom stereocenters. The molecule has 0 aromatic heterocycles. The minimum absolute atomic E-state index is 0.0418. The summed E-state index contributed by atoms with van der Waals surface area (Å²) in [5, 5.41) is 13.6. The lowest BCUT2D eigenvalue weighted by Crippen LogP contribution is -2.39. The maximum atomic E-state index is 12.5. The van der Waals surface area contributed by atoms with Crippen LogP contribution in [-0.2, 0) is 6.18 Å². The smallest absolute Gasteiger partial charge is 0.394 e.